The molecular weight excluding hydrogens is 436 g/mol. The van der Waals surface area contributed by atoms with Gasteiger partial charge in [-0.3, -0.25) is 9.36 Å². The Morgan fingerprint density at radius 3 is 2.94 bits per heavy atom. The fourth-order valence-corrected chi connectivity index (χ4v) is 5.78. The summed E-state index contributed by atoms with van der Waals surface area (Å²) in [5.74, 6) is 1.11. The summed E-state index contributed by atoms with van der Waals surface area (Å²) in [5.41, 5.74) is 7.12. The van der Waals surface area contributed by atoms with E-state index in [1.165, 1.54) is 23.1 Å². The summed E-state index contributed by atoms with van der Waals surface area (Å²) in [5, 5.41) is 10.5. The SMILES string of the molecule is Nc1c(-c2nnc(SCC(=O)N3CCOCC3)n2C[C@@H]2CCCO2)sc2ncccc12. The lowest BCUT2D eigenvalue weighted by Gasteiger charge is -2.26. The van der Waals surface area contributed by atoms with E-state index in [9.17, 15) is 4.79 Å². The zero-order valence-electron chi connectivity index (χ0n) is 17.0. The van der Waals surface area contributed by atoms with Crippen molar-refractivity contribution in [2.75, 3.05) is 44.4 Å². The number of ether oxygens (including phenoxy) is 2. The Kier molecular flexibility index (Phi) is 6.08. The summed E-state index contributed by atoms with van der Waals surface area (Å²) in [6, 6.07) is 3.85. The van der Waals surface area contributed by atoms with Crippen LogP contribution in [-0.4, -0.2) is 75.3 Å². The average molecular weight is 461 g/mol. The van der Waals surface area contributed by atoms with Crippen molar-refractivity contribution < 1.29 is 14.3 Å². The van der Waals surface area contributed by atoms with Crippen molar-refractivity contribution >= 4 is 44.9 Å². The summed E-state index contributed by atoms with van der Waals surface area (Å²) in [6.07, 6.45) is 3.92. The van der Waals surface area contributed by atoms with E-state index in [1.54, 1.807) is 6.20 Å². The number of pyridine rings is 1. The van der Waals surface area contributed by atoms with E-state index in [0.29, 0.717) is 55.3 Å². The molecule has 0 aromatic carbocycles. The van der Waals surface area contributed by atoms with Crippen LogP contribution in [0.1, 0.15) is 12.8 Å². The number of aromatic nitrogens is 4. The summed E-state index contributed by atoms with van der Waals surface area (Å²) in [4.78, 5) is 20.6. The highest BCUT2D eigenvalue weighted by molar-refractivity contribution is 7.99. The number of thioether (sulfide) groups is 1. The number of amides is 1. The third-order valence-electron chi connectivity index (χ3n) is 5.52. The van der Waals surface area contributed by atoms with Gasteiger partial charge in [-0.15, -0.1) is 21.5 Å². The Balaban J connectivity index is 1.43. The number of fused-ring (bicyclic) bond motifs is 1. The van der Waals surface area contributed by atoms with E-state index in [-0.39, 0.29) is 12.0 Å². The Labute approximate surface area is 187 Å². The third kappa shape index (κ3) is 4.27. The van der Waals surface area contributed by atoms with Gasteiger partial charge in [-0.2, -0.15) is 0 Å². The molecule has 0 aliphatic carbocycles. The zero-order valence-corrected chi connectivity index (χ0v) is 18.7. The van der Waals surface area contributed by atoms with Crippen LogP contribution in [0.3, 0.4) is 0 Å². The monoisotopic (exact) mass is 460 g/mol. The molecule has 0 saturated carbocycles. The predicted octanol–water partition coefficient (Wildman–Crippen LogP) is 2.27. The first-order valence-corrected chi connectivity index (χ1v) is 12.2. The van der Waals surface area contributed by atoms with Gasteiger partial charge in [0.15, 0.2) is 11.0 Å². The standard InChI is InChI=1S/C20H24N6O3S2/c21-16-14-4-1-5-22-19(14)31-17(16)18-23-24-20(26(18)11-13-3-2-8-29-13)30-12-15(27)25-6-9-28-10-7-25/h1,4-5,13H,2-3,6-12,21H2/t13-/m0/s1. The summed E-state index contributed by atoms with van der Waals surface area (Å²) in [6.45, 7) is 3.87. The number of anilines is 1. The van der Waals surface area contributed by atoms with Crippen LogP contribution in [0.5, 0.6) is 0 Å². The molecule has 2 fully saturated rings. The Hall–Kier alpha value is -2.21. The number of carbonyl (C=O) groups is 1. The largest absolute Gasteiger partial charge is 0.397 e. The van der Waals surface area contributed by atoms with Gasteiger partial charge in [-0.1, -0.05) is 11.8 Å². The van der Waals surface area contributed by atoms with E-state index >= 15 is 0 Å². The molecule has 2 saturated heterocycles. The van der Waals surface area contributed by atoms with Crippen molar-refractivity contribution in [1.29, 1.82) is 0 Å². The first-order chi connectivity index (χ1) is 15.2. The highest BCUT2D eigenvalue weighted by Gasteiger charge is 2.26. The van der Waals surface area contributed by atoms with Crippen LogP contribution < -0.4 is 5.73 Å². The van der Waals surface area contributed by atoms with Crippen LogP contribution >= 0.6 is 23.1 Å². The quantitative estimate of drug-likeness (QED) is 0.558. The van der Waals surface area contributed by atoms with E-state index in [4.69, 9.17) is 15.2 Å². The van der Waals surface area contributed by atoms with E-state index < -0.39 is 0 Å². The minimum atomic E-state index is 0.0899. The molecule has 0 radical (unpaired) electrons. The highest BCUT2D eigenvalue weighted by Crippen LogP contribution is 2.40. The number of morpholine rings is 1. The molecule has 1 amide bonds. The molecule has 0 spiro atoms. The van der Waals surface area contributed by atoms with Crippen LogP contribution in [0.4, 0.5) is 5.69 Å². The maximum atomic E-state index is 12.6. The van der Waals surface area contributed by atoms with Crippen LogP contribution in [0.25, 0.3) is 20.9 Å². The molecule has 5 rings (SSSR count). The second-order valence-corrected chi connectivity index (χ2v) is 9.48. The minimum absolute atomic E-state index is 0.0899. The number of nitrogens with zero attached hydrogens (tertiary/aromatic N) is 5. The van der Waals surface area contributed by atoms with Crippen molar-refractivity contribution in [3.8, 4) is 10.7 Å². The van der Waals surface area contributed by atoms with Crippen molar-refractivity contribution in [1.82, 2.24) is 24.6 Å². The lowest BCUT2D eigenvalue weighted by molar-refractivity contribution is -0.132. The molecule has 2 aliphatic rings. The molecular formula is C20H24N6O3S2. The molecule has 9 nitrogen and oxygen atoms in total. The Morgan fingerprint density at radius 2 is 2.16 bits per heavy atom. The third-order valence-corrected chi connectivity index (χ3v) is 7.60. The summed E-state index contributed by atoms with van der Waals surface area (Å²) < 4.78 is 13.3. The van der Waals surface area contributed by atoms with Gasteiger partial charge in [0, 0.05) is 31.3 Å². The molecule has 1 atom stereocenters. The Morgan fingerprint density at radius 1 is 1.29 bits per heavy atom. The number of rotatable bonds is 6. The first kappa shape index (κ1) is 20.7. The lowest BCUT2D eigenvalue weighted by atomic mass is 10.2. The number of nitrogen functional groups attached to an aromatic ring is 1. The Bertz CT molecular complexity index is 1070. The zero-order chi connectivity index (χ0) is 21.2. The molecule has 11 heteroatoms. The van der Waals surface area contributed by atoms with Crippen molar-refractivity contribution in [3.05, 3.63) is 18.3 Å². The van der Waals surface area contributed by atoms with E-state index in [1.807, 2.05) is 21.6 Å². The topological polar surface area (TPSA) is 108 Å². The molecule has 31 heavy (non-hydrogen) atoms. The van der Waals surface area contributed by atoms with Gasteiger partial charge >= 0.3 is 0 Å². The summed E-state index contributed by atoms with van der Waals surface area (Å²) in [7, 11) is 0. The van der Waals surface area contributed by atoms with E-state index in [0.717, 1.165) is 34.5 Å². The minimum Gasteiger partial charge on any atom is -0.397 e. The second kappa shape index (κ2) is 9.11. The smallest absolute Gasteiger partial charge is 0.233 e. The number of hydrogen-bond donors (Lipinski definition) is 1. The van der Waals surface area contributed by atoms with Gasteiger partial charge in [-0.25, -0.2) is 4.98 Å². The maximum Gasteiger partial charge on any atom is 0.233 e. The molecule has 0 unspecified atom stereocenters. The van der Waals surface area contributed by atoms with Gasteiger partial charge in [0.1, 0.15) is 4.83 Å². The molecule has 0 bridgehead atoms. The van der Waals surface area contributed by atoms with Crippen LogP contribution in [0.15, 0.2) is 23.5 Å². The van der Waals surface area contributed by atoms with Gasteiger partial charge in [-0.05, 0) is 25.0 Å². The normalized spacial score (nSPS) is 19.4. The first-order valence-electron chi connectivity index (χ1n) is 10.4. The molecule has 3 aromatic heterocycles. The number of nitrogens with two attached hydrogens (primary N) is 1. The van der Waals surface area contributed by atoms with Crippen LogP contribution in [-0.2, 0) is 20.8 Å². The van der Waals surface area contributed by atoms with Gasteiger partial charge in [0.05, 0.1) is 42.2 Å². The maximum absolute atomic E-state index is 12.6. The molecule has 164 valence electrons. The molecule has 5 heterocycles. The van der Waals surface area contributed by atoms with Crippen LogP contribution in [0, 0.1) is 0 Å². The predicted molar refractivity (Wildman–Crippen MR) is 120 cm³/mol. The highest BCUT2D eigenvalue weighted by atomic mass is 32.2. The fourth-order valence-electron chi connectivity index (χ4n) is 3.87. The van der Waals surface area contributed by atoms with Gasteiger partial charge < -0.3 is 20.1 Å². The number of carbonyl (C=O) groups excluding carboxylic acids is 1. The van der Waals surface area contributed by atoms with Crippen LogP contribution in [0.2, 0.25) is 0 Å². The molecule has 2 N–H and O–H groups in total. The fraction of sp³-hybridized carbons (Fsp3) is 0.500. The average Bonchev–Trinajstić information content (AvgIpc) is 3.53. The second-order valence-electron chi connectivity index (χ2n) is 7.53. The van der Waals surface area contributed by atoms with Crippen molar-refractivity contribution in [2.45, 2.75) is 30.6 Å². The number of thiophene rings is 1. The molecule has 3 aromatic rings. The summed E-state index contributed by atoms with van der Waals surface area (Å²) >= 11 is 2.92. The van der Waals surface area contributed by atoms with Crippen molar-refractivity contribution in [3.63, 3.8) is 0 Å². The number of hydrogen-bond acceptors (Lipinski definition) is 9. The van der Waals surface area contributed by atoms with Crippen molar-refractivity contribution in [2.24, 2.45) is 0 Å². The lowest BCUT2D eigenvalue weighted by Crippen LogP contribution is -2.41. The van der Waals surface area contributed by atoms with Gasteiger partial charge in [0.2, 0.25) is 5.91 Å². The van der Waals surface area contributed by atoms with E-state index in [2.05, 4.69) is 15.2 Å². The molecule has 2 aliphatic heterocycles. The van der Waals surface area contributed by atoms with Gasteiger partial charge in [0.25, 0.3) is 0 Å².